The van der Waals surface area contributed by atoms with Crippen LogP contribution in [-0.4, -0.2) is 140 Å². The Morgan fingerprint density at radius 3 is 1.03 bits per heavy atom. The third-order valence-electron chi connectivity index (χ3n) is 15.5. The molecule has 0 aliphatic heterocycles. The third-order valence-corrected chi connectivity index (χ3v) is 17.0. The van der Waals surface area contributed by atoms with Gasteiger partial charge in [0.15, 0.2) is 0 Å². The fourth-order valence-corrected chi connectivity index (χ4v) is 12.0. The molecule has 0 bridgehead atoms. The van der Waals surface area contributed by atoms with Crippen molar-refractivity contribution < 1.29 is 30.6 Å². The molecule has 0 aliphatic rings. The molecular formula is C71H81Cl5N10O6. The van der Waals surface area contributed by atoms with E-state index >= 15 is 0 Å². The van der Waals surface area contributed by atoms with Gasteiger partial charge in [0.1, 0.15) is 56.3 Å². The Balaban J connectivity index is 0.000000163. The van der Waals surface area contributed by atoms with Crippen molar-refractivity contribution >= 4 is 113 Å². The van der Waals surface area contributed by atoms with Gasteiger partial charge in [-0.1, -0.05) is 92.6 Å². The van der Waals surface area contributed by atoms with Crippen LogP contribution in [0.2, 0.25) is 25.1 Å². The largest absolute Gasteiger partial charge is 0.505 e. The van der Waals surface area contributed by atoms with E-state index in [9.17, 15) is 25.5 Å². The maximum absolute atomic E-state index is 10.4. The summed E-state index contributed by atoms with van der Waals surface area (Å²) in [6, 6.07) is 31.3. The molecule has 0 radical (unpaired) electrons. The fourth-order valence-electron chi connectivity index (χ4n) is 10.6. The highest BCUT2D eigenvalue weighted by Crippen LogP contribution is 2.39. The second-order valence-electron chi connectivity index (χ2n) is 22.1. The van der Waals surface area contributed by atoms with Crippen molar-refractivity contribution in [2.45, 2.75) is 86.6 Å². The van der Waals surface area contributed by atoms with Gasteiger partial charge in [-0.3, -0.25) is 39.6 Å². The Bertz CT molecular complexity index is 4190. The van der Waals surface area contributed by atoms with Crippen molar-refractivity contribution in [1.29, 1.82) is 0 Å². The number of benzene rings is 5. The molecule has 21 heteroatoms. The third kappa shape index (κ3) is 18.3. The molecule has 11 aromatic rings. The first-order valence-electron chi connectivity index (χ1n) is 30.6. The Morgan fingerprint density at radius 1 is 0.402 bits per heavy atom. The van der Waals surface area contributed by atoms with E-state index in [-0.39, 0.29) is 41.4 Å². The van der Waals surface area contributed by atoms with Crippen molar-refractivity contribution in [2.75, 3.05) is 60.0 Å². The fraction of sp³-hybridized carbons (Fsp3) is 0.310. The molecule has 6 aromatic heterocycles. The van der Waals surface area contributed by atoms with Gasteiger partial charge < -0.3 is 40.1 Å². The number of pyridine rings is 5. The zero-order valence-electron chi connectivity index (χ0n) is 53.2. The highest BCUT2D eigenvalue weighted by molar-refractivity contribution is 6.37. The van der Waals surface area contributed by atoms with Crippen LogP contribution in [-0.2, 0) is 26.2 Å². The lowest BCUT2D eigenvalue weighted by Crippen LogP contribution is -2.27. The van der Waals surface area contributed by atoms with E-state index in [1.165, 1.54) is 0 Å². The van der Waals surface area contributed by atoms with Crippen LogP contribution in [0.5, 0.6) is 28.7 Å². The van der Waals surface area contributed by atoms with E-state index < -0.39 is 0 Å². The predicted molar refractivity (Wildman–Crippen MR) is 378 cm³/mol. The molecule has 11 rings (SSSR count). The van der Waals surface area contributed by atoms with E-state index in [2.05, 4.69) is 74.2 Å². The number of aromatic hydroxyl groups is 5. The molecule has 0 spiro atoms. The number of aliphatic hydroxyl groups is 1. The van der Waals surface area contributed by atoms with Crippen LogP contribution >= 0.6 is 58.0 Å². The number of phenolic OH excluding ortho intramolecular Hbond substituents is 5. The summed E-state index contributed by atoms with van der Waals surface area (Å²) < 4.78 is 2.01. The Kier molecular flexibility index (Phi) is 27.5. The van der Waals surface area contributed by atoms with Gasteiger partial charge in [-0.05, 0) is 170 Å². The second-order valence-corrected chi connectivity index (χ2v) is 24.2. The molecule has 0 saturated heterocycles. The molecule has 16 nitrogen and oxygen atoms in total. The monoisotopic (exact) mass is 1340 g/mol. The van der Waals surface area contributed by atoms with E-state index in [1.807, 2.05) is 122 Å². The highest BCUT2D eigenvalue weighted by Gasteiger charge is 2.20. The summed E-state index contributed by atoms with van der Waals surface area (Å²) in [4.78, 5) is 29.6. The van der Waals surface area contributed by atoms with E-state index in [4.69, 9.17) is 63.1 Å². The Hall–Kier alpha value is -7.32. The molecule has 1 atom stereocenters. The molecule has 6 N–H and O–H groups in total. The standard InChI is InChI=1S/C15H19ClN2O2.C15H13ClN2O.C15H19ClN2O.C14H17ClN2O.C12H13ClN2O/c1-2-6-18(7-8-19)10-11-9-13(16)12-4-3-5-17-14(12)15(11)20;1-10(18-7-2-3-8-18)12-9-13(16)11-5-4-6-17-14(11)15(12)19;1-3-8-18(4-2)10-11-9-13(16)12-6-5-7-17-14(12)15(11)19;1-3-17(4-2)9-10-8-12(15)11-6-5-7-16-13(11)14(10)18;1-15(2)7-8-6-10(13)9-4-3-5-14-11(9)12(8)16/h3-5,9,19-20H,2,6-8,10H2,1H3;2-10,19H,1H3;5-7,9,19H,3-4,8,10H2,1-2H3;5-8,18H,3-4,9H2,1-2H3;3-6,16H,7H2,1-2H3. The number of rotatable bonds is 19. The van der Waals surface area contributed by atoms with Gasteiger partial charge >= 0.3 is 0 Å². The lowest BCUT2D eigenvalue weighted by atomic mass is 10.0. The van der Waals surface area contributed by atoms with Gasteiger partial charge in [0.25, 0.3) is 0 Å². The molecule has 0 aliphatic carbocycles. The summed E-state index contributed by atoms with van der Waals surface area (Å²) in [5.41, 5.74) is 6.76. The van der Waals surface area contributed by atoms with Gasteiger partial charge in [-0.2, -0.15) is 0 Å². The number of fused-ring (bicyclic) bond motifs is 5. The number of aromatic nitrogens is 6. The SMILES string of the molecule is CC(c1cc(Cl)c2cccnc2c1O)n1cccc1.CCCN(CC)Cc1cc(Cl)c2cccnc2c1O.CCCN(CCO)Cc1cc(Cl)c2cccnc2c1O.CCN(CC)Cc1cc(Cl)c2cccnc2c1O.CN(C)Cc1cc(Cl)c2cccnc2c1O. The van der Waals surface area contributed by atoms with Crippen molar-refractivity contribution in [3.8, 4) is 28.7 Å². The smallest absolute Gasteiger partial charge is 0.147 e. The topological polar surface area (TPSA) is 204 Å². The number of nitrogens with zero attached hydrogens (tertiary/aromatic N) is 10. The van der Waals surface area contributed by atoms with Crippen molar-refractivity contribution in [3.05, 3.63) is 199 Å². The van der Waals surface area contributed by atoms with Crippen LogP contribution in [0, 0.1) is 0 Å². The zero-order chi connectivity index (χ0) is 66.6. The minimum Gasteiger partial charge on any atom is -0.505 e. The van der Waals surface area contributed by atoms with Crippen LogP contribution in [0.15, 0.2) is 147 Å². The van der Waals surface area contributed by atoms with Gasteiger partial charge in [-0.15, -0.1) is 0 Å². The van der Waals surface area contributed by atoms with Crippen LogP contribution < -0.4 is 0 Å². The number of aliphatic hydroxyl groups excluding tert-OH is 1. The van der Waals surface area contributed by atoms with Gasteiger partial charge in [0, 0.05) is 131 Å². The summed E-state index contributed by atoms with van der Waals surface area (Å²) in [5, 5.41) is 67.5. The van der Waals surface area contributed by atoms with E-state index in [0.29, 0.717) is 85.4 Å². The lowest BCUT2D eigenvalue weighted by Gasteiger charge is -2.21. The number of hydrogen-bond acceptors (Lipinski definition) is 15. The normalized spacial score (nSPS) is 11.6. The number of hydrogen-bond donors (Lipinski definition) is 6. The van der Waals surface area contributed by atoms with Crippen molar-refractivity contribution in [2.24, 2.45) is 0 Å². The summed E-state index contributed by atoms with van der Waals surface area (Å²) in [6.07, 6.45) is 14.3. The number of halogens is 5. The van der Waals surface area contributed by atoms with Crippen LogP contribution in [0.4, 0.5) is 0 Å². The summed E-state index contributed by atoms with van der Waals surface area (Å²) in [5.74, 6) is 1.07. The first-order valence-corrected chi connectivity index (χ1v) is 32.5. The maximum Gasteiger partial charge on any atom is 0.147 e. The van der Waals surface area contributed by atoms with Crippen LogP contribution in [0.25, 0.3) is 54.5 Å². The summed E-state index contributed by atoms with van der Waals surface area (Å²) in [7, 11) is 3.88. The Morgan fingerprint density at radius 2 is 0.707 bits per heavy atom. The van der Waals surface area contributed by atoms with E-state index in [1.54, 1.807) is 55.2 Å². The quantitative estimate of drug-likeness (QED) is 0.0446. The van der Waals surface area contributed by atoms with Crippen molar-refractivity contribution in [1.82, 2.24) is 49.1 Å². The van der Waals surface area contributed by atoms with Crippen LogP contribution in [0.1, 0.15) is 88.2 Å². The molecule has 0 fully saturated rings. The lowest BCUT2D eigenvalue weighted by molar-refractivity contribution is 0.189. The average Bonchev–Trinajstić information content (AvgIpc) is 1.05. The molecule has 92 heavy (non-hydrogen) atoms. The molecule has 6 heterocycles. The second kappa shape index (κ2) is 35.1. The molecule has 0 saturated carbocycles. The minimum atomic E-state index is -0.00101. The highest BCUT2D eigenvalue weighted by atomic mass is 35.5. The number of phenols is 5. The molecular weight excluding hydrogens is 1270 g/mol. The molecule has 486 valence electrons. The van der Waals surface area contributed by atoms with Gasteiger partial charge in [-0.25, -0.2) is 0 Å². The Labute approximate surface area is 563 Å². The first kappa shape index (κ1) is 72.1. The zero-order valence-corrected chi connectivity index (χ0v) is 57.0. The molecule has 1 unspecified atom stereocenters. The predicted octanol–water partition coefficient (Wildman–Crippen LogP) is 16.7. The maximum atomic E-state index is 10.4. The average molecular weight is 1350 g/mol. The summed E-state index contributed by atoms with van der Waals surface area (Å²) in [6.45, 7) is 20.5. The molecule has 5 aromatic carbocycles. The van der Waals surface area contributed by atoms with Gasteiger partial charge in [0.05, 0.1) is 37.8 Å². The first-order chi connectivity index (χ1) is 44.3. The van der Waals surface area contributed by atoms with E-state index in [0.717, 1.165) is 100 Å². The minimum absolute atomic E-state index is 0.00101. The van der Waals surface area contributed by atoms with Gasteiger partial charge in [0.2, 0.25) is 0 Å². The molecule has 0 amide bonds. The van der Waals surface area contributed by atoms with Crippen LogP contribution in [0.3, 0.4) is 0 Å². The van der Waals surface area contributed by atoms with Crippen molar-refractivity contribution in [3.63, 3.8) is 0 Å². The summed E-state index contributed by atoms with van der Waals surface area (Å²) >= 11 is 31.2.